The van der Waals surface area contributed by atoms with Crippen LogP contribution in [-0.4, -0.2) is 34.5 Å². The van der Waals surface area contributed by atoms with E-state index in [1.807, 2.05) is 6.92 Å². The van der Waals surface area contributed by atoms with Crippen molar-refractivity contribution >= 4 is 11.9 Å². The quantitative estimate of drug-likeness (QED) is 0.870. The Bertz CT molecular complexity index is 497. The predicted molar refractivity (Wildman–Crippen MR) is 72.1 cm³/mol. The average molecular weight is 280 g/mol. The van der Waals surface area contributed by atoms with Crippen LogP contribution < -0.4 is 5.73 Å². The Balaban J connectivity index is 2.16. The van der Waals surface area contributed by atoms with Gasteiger partial charge in [-0.3, -0.25) is 4.79 Å². The standard InChI is InChI=1S/C14H20N2O4/c1-2-9-5-6-16(11(7-9)14(18)19)13(17)12-4-3-10(8-15)20-12/h3-4,9,11H,2,5-8,15H2,1H3,(H,18,19). The molecule has 2 heterocycles. The Morgan fingerprint density at radius 1 is 1.50 bits per heavy atom. The second kappa shape index (κ2) is 6.09. The zero-order chi connectivity index (χ0) is 14.7. The van der Waals surface area contributed by atoms with Gasteiger partial charge in [-0.2, -0.15) is 0 Å². The molecule has 0 aromatic carbocycles. The first-order valence-corrected chi connectivity index (χ1v) is 6.89. The summed E-state index contributed by atoms with van der Waals surface area (Å²) in [6, 6.07) is 2.42. The van der Waals surface area contributed by atoms with Crippen molar-refractivity contribution in [2.75, 3.05) is 6.54 Å². The first kappa shape index (κ1) is 14.6. The molecule has 0 aliphatic carbocycles. The Hall–Kier alpha value is -1.82. The molecule has 0 saturated carbocycles. The van der Waals surface area contributed by atoms with Crippen molar-refractivity contribution in [3.63, 3.8) is 0 Å². The SMILES string of the molecule is CCC1CCN(C(=O)c2ccc(CN)o2)C(C(=O)O)C1. The molecular weight excluding hydrogens is 260 g/mol. The highest BCUT2D eigenvalue weighted by Gasteiger charge is 2.36. The van der Waals surface area contributed by atoms with E-state index in [-0.39, 0.29) is 18.2 Å². The van der Waals surface area contributed by atoms with E-state index in [1.54, 1.807) is 12.1 Å². The molecule has 1 aromatic heterocycles. The molecule has 0 radical (unpaired) electrons. The lowest BCUT2D eigenvalue weighted by atomic mass is 9.88. The number of nitrogens with zero attached hydrogens (tertiary/aromatic N) is 1. The average Bonchev–Trinajstić information content (AvgIpc) is 2.94. The Labute approximate surface area is 117 Å². The van der Waals surface area contributed by atoms with Gasteiger partial charge in [-0.25, -0.2) is 4.79 Å². The summed E-state index contributed by atoms with van der Waals surface area (Å²) in [5.41, 5.74) is 5.44. The van der Waals surface area contributed by atoms with Crippen LogP contribution in [0.5, 0.6) is 0 Å². The van der Waals surface area contributed by atoms with Crippen LogP contribution in [0.15, 0.2) is 16.5 Å². The summed E-state index contributed by atoms with van der Waals surface area (Å²) in [6.07, 6.45) is 2.27. The molecule has 2 rings (SSSR count). The van der Waals surface area contributed by atoms with E-state index in [9.17, 15) is 14.7 Å². The van der Waals surface area contributed by atoms with Crippen molar-refractivity contribution in [1.82, 2.24) is 4.90 Å². The van der Waals surface area contributed by atoms with Gasteiger partial charge in [0.1, 0.15) is 11.8 Å². The molecule has 1 aromatic rings. The number of carbonyl (C=O) groups excluding carboxylic acids is 1. The van der Waals surface area contributed by atoms with Crippen LogP contribution in [0.25, 0.3) is 0 Å². The Kier molecular flexibility index (Phi) is 4.44. The number of hydrogen-bond acceptors (Lipinski definition) is 4. The van der Waals surface area contributed by atoms with Gasteiger partial charge in [0.05, 0.1) is 6.54 Å². The van der Waals surface area contributed by atoms with Gasteiger partial charge >= 0.3 is 5.97 Å². The van der Waals surface area contributed by atoms with Crippen LogP contribution >= 0.6 is 0 Å². The van der Waals surface area contributed by atoms with Crippen LogP contribution in [0.3, 0.4) is 0 Å². The molecule has 1 saturated heterocycles. The molecule has 0 bridgehead atoms. The van der Waals surface area contributed by atoms with Crippen LogP contribution in [-0.2, 0) is 11.3 Å². The van der Waals surface area contributed by atoms with Gasteiger partial charge in [-0.1, -0.05) is 13.3 Å². The van der Waals surface area contributed by atoms with Gasteiger partial charge in [0, 0.05) is 6.54 Å². The van der Waals surface area contributed by atoms with Gasteiger partial charge in [0.2, 0.25) is 0 Å². The monoisotopic (exact) mass is 280 g/mol. The second-order valence-corrected chi connectivity index (χ2v) is 5.12. The highest BCUT2D eigenvalue weighted by Crippen LogP contribution is 2.27. The normalized spacial score (nSPS) is 22.8. The topological polar surface area (TPSA) is 96.8 Å². The predicted octanol–water partition coefficient (Wildman–Crippen LogP) is 1.45. The molecule has 1 fully saturated rings. The summed E-state index contributed by atoms with van der Waals surface area (Å²) < 4.78 is 5.32. The summed E-state index contributed by atoms with van der Waals surface area (Å²) in [5, 5.41) is 9.32. The molecule has 110 valence electrons. The van der Waals surface area contributed by atoms with E-state index in [2.05, 4.69) is 0 Å². The summed E-state index contributed by atoms with van der Waals surface area (Å²) >= 11 is 0. The summed E-state index contributed by atoms with van der Waals surface area (Å²) in [4.78, 5) is 25.1. The largest absolute Gasteiger partial charge is 0.480 e. The van der Waals surface area contributed by atoms with Crippen LogP contribution in [0.2, 0.25) is 0 Å². The van der Waals surface area contributed by atoms with E-state index in [4.69, 9.17) is 10.2 Å². The summed E-state index contributed by atoms with van der Waals surface area (Å²) in [6.45, 7) is 2.71. The van der Waals surface area contributed by atoms with Crippen LogP contribution in [0.4, 0.5) is 0 Å². The fourth-order valence-corrected chi connectivity index (χ4v) is 2.63. The van der Waals surface area contributed by atoms with Crippen molar-refractivity contribution < 1.29 is 19.1 Å². The lowest BCUT2D eigenvalue weighted by Gasteiger charge is -2.36. The molecule has 6 heteroatoms. The number of rotatable bonds is 4. The molecule has 1 aliphatic heterocycles. The summed E-state index contributed by atoms with van der Waals surface area (Å²) in [7, 11) is 0. The minimum absolute atomic E-state index is 0.159. The third-order valence-corrected chi connectivity index (χ3v) is 3.91. The maximum Gasteiger partial charge on any atom is 0.326 e. The number of piperidine rings is 1. The smallest absolute Gasteiger partial charge is 0.326 e. The van der Waals surface area contributed by atoms with E-state index in [0.717, 1.165) is 12.8 Å². The first-order chi connectivity index (χ1) is 9.56. The zero-order valence-electron chi connectivity index (χ0n) is 11.5. The number of hydrogen-bond donors (Lipinski definition) is 2. The molecule has 0 spiro atoms. The number of carboxylic acid groups (broad SMARTS) is 1. The van der Waals surface area contributed by atoms with E-state index in [0.29, 0.717) is 24.6 Å². The third-order valence-electron chi connectivity index (χ3n) is 3.91. The fraction of sp³-hybridized carbons (Fsp3) is 0.571. The number of nitrogens with two attached hydrogens (primary N) is 1. The van der Waals surface area contributed by atoms with Crippen molar-refractivity contribution in [3.05, 3.63) is 23.7 Å². The van der Waals surface area contributed by atoms with E-state index < -0.39 is 12.0 Å². The second-order valence-electron chi connectivity index (χ2n) is 5.12. The van der Waals surface area contributed by atoms with Crippen LogP contribution in [0.1, 0.15) is 42.5 Å². The number of carbonyl (C=O) groups is 2. The van der Waals surface area contributed by atoms with Crippen molar-refractivity contribution in [3.8, 4) is 0 Å². The van der Waals surface area contributed by atoms with Crippen molar-refractivity contribution in [1.29, 1.82) is 0 Å². The number of amides is 1. The number of furan rings is 1. The first-order valence-electron chi connectivity index (χ1n) is 6.89. The molecule has 2 atom stereocenters. The Morgan fingerprint density at radius 3 is 2.80 bits per heavy atom. The Morgan fingerprint density at radius 2 is 2.25 bits per heavy atom. The number of aliphatic carboxylic acids is 1. The maximum absolute atomic E-state index is 12.4. The lowest BCUT2D eigenvalue weighted by Crippen LogP contribution is -2.50. The molecule has 20 heavy (non-hydrogen) atoms. The van der Waals surface area contributed by atoms with Gasteiger partial charge in [0.15, 0.2) is 5.76 Å². The van der Waals surface area contributed by atoms with Gasteiger partial charge < -0.3 is 20.2 Å². The third kappa shape index (κ3) is 2.85. The molecular formula is C14H20N2O4. The maximum atomic E-state index is 12.4. The highest BCUT2D eigenvalue weighted by atomic mass is 16.4. The molecule has 3 N–H and O–H groups in total. The minimum atomic E-state index is -0.956. The molecule has 1 aliphatic rings. The lowest BCUT2D eigenvalue weighted by molar-refractivity contribution is -0.144. The van der Waals surface area contributed by atoms with Crippen LogP contribution in [0, 0.1) is 5.92 Å². The molecule has 1 amide bonds. The fourth-order valence-electron chi connectivity index (χ4n) is 2.63. The van der Waals surface area contributed by atoms with Crippen molar-refractivity contribution in [2.45, 2.75) is 38.8 Å². The molecule has 2 unspecified atom stereocenters. The van der Waals surface area contributed by atoms with E-state index in [1.165, 1.54) is 4.90 Å². The molecule has 6 nitrogen and oxygen atoms in total. The van der Waals surface area contributed by atoms with Gasteiger partial charge in [0.25, 0.3) is 5.91 Å². The van der Waals surface area contributed by atoms with Crippen molar-refractivity contribution in [2.24, 2.45) is 11.7 Å². The van der Waals surface area contributed by atoms with Gasteiger partial charge in [-0.15, -0.1) is 0 Å². The van der Waals surface area contributed by atoms with Gasteiger partial charge in [-0.05, 0) is 30.9 Å². The number of likely N-dealkylation sites (tertiary alicyclic amines) is 1. The highest BCUT2D eigenvalue weighted by molar-refractivity contribution is 5.94. The number of carboxylic acids is 1. The zero-order valence-corrected chi connectivity index (χ0v) is 11.5. The minimum Gasteiger partial charge on any atom is -0.480 e. The summed E-state index contributed by atoms with van der Waals surface area (Å²) in [5.74, 6) is -0.291. The van der Waals surface area contributed by atoms with E-state index >= 15 is 0 Å².